The van der Waals surface area contributed by atoms with Crippen LogP contribution in [0.25, 0.3) is 10.8 Å². The third kappa shape index (κ3) is 5.14. The van der Waals surface area contributed by atoms with Gasteiger partial charge in [0.2, 0.25) is 0 Å². The van der Waals surface area contributed by atoms with Crippen LogP contribution in [0.1, 0.15) is 33.6 Å². The molecule has 2 saturated heterocycles. The van der Waals surface area contributed by atoms with Crippen LogP contribution in [-0.2, 0) is 0 Å². The van der Waals surface area contributed by atoms with Gasteiger partial charge in [0.25, 0.3) is 17.5 Å². The summed E-state index contributed by atoms with van der Waals surface area (Å²) in [5, 5.41) is 19.9. The Morgan fingerprint density at radius 2 is 1.79 bits per heavy atom. The van der Waals surface area contributed by atoms with Crippen molar-refractivity contribution in [3.05, 3.63) is 68.3 Å². The average Bonchev–Trinajstić information content (AvgIpc) is 2.94. The third-order valence-electron chi connectivity index (χ3n) is 7.03. The minimum atomic E-state index is -0.487. The summed E-state index contributed by atoms with van der Waals surface area (Å²) >= 11 is 3.33. The summed E-state index contributed by atoms with van der Waals surface area (Å²) in [7, 11) is 0. The maximum absolute atomic E-state index is 13.6. The topological polar surface area (TPSA) is 147 Å². The second-order valence-corrected chi connectivity index (χ2v) is 10.4. The van der Waals surface area contributed by atoms with Gasteiger partial charge in [-0.1, -0.05) is 40.2 Å². The van der Waals surface area contributed by atoms with Gasteiger partial charge >= 0.3 is 0 Å². The zero-order valence-corrected chi connectivity index (χ0v) is 22.2. The molecule has 12 heteroatoms. The van der Waals surface area contributed by atoms with E-state index in [0.717, 1.165) is 5.39 Å². The van der Waals surface area contributed by atoms with Gasteiger partial charge in [0.1, 0.15) is 11.5 Å². The van der Waals surface area contributed by atoms with Crippen molar-refractivity contribution in [2.24, 2.45) is 0 Å². The molecule has 11 nitrogen and oxygen atoms in total. The molecule has 2 amide bonds. The Bertz CT molecular complexity index is 1410. The molecule has 1 aromatic heterocycles. The summed E-state index contributed by atoms with van der Waals surface area (Å²) in [5.74, 6) is -0.0799. The zero-order valence-electron chi connectivity index (χ0n) is 20.7. The van der Waals surface area contributed by atoms with Crippen LogP contribution in [0.5, 0.6) is 0 Å². The molecule has 4 N–H and O–H groups in total. The highest BCUT2D eigenvalue weighted by Gasteiger charge is 2.31. The zero-order chi connectivity index (χ0) is 26.8. The number of piperazine rings is 1. The number of benzene rings is 2. The molecule has 2 fully saturated rings. The number of nitrogens with one attached hydrogen (secondary N) is 2. The first kappa shape index (κ1) is 25.9. The summed E-state index contributed by atoms with van der Waals surface area (Å²) in [5.41, 5.74) is 6.71. The van der Waals surface area contributed by atoms with Crippen molar-refractivity contribution in [2.75, 3.05) is 50.3 Å². The lowest BCUT2D eigenvalue weighted by Gasteiger charge is -2.34. The standard InChI is InChI=1S/C26H28BrN7O4/c27-16-12-20(25(35)32-10-7-29-8-11-32)23(22(13-16)34(37)38)31-17-4-3-9-33(15-17)26(36)21-14-30-24(28)19-6-2-1-5-18(19)21/h1-2,5-6,12-14,17,29,31H,3-4,7-11,15H2,(H2,28,30)/t17-/m1/s1. The number of hydrogen-bond acceptors (Lipinski definition) is 8. The Kier molecular flexibility index (Phi) is 7.43. The minimum absolute atomic E-state index is 0.178. The van der Waals surface area contributed by atoms with Crippen molar-refractivity contribution < 1.29 is 14.5 Å². The molecule has 2 aliphatic heterocycles. The molecule has 5 rings (SSSR count). The van der Waals surface area contributed by atoms with Gasteiger partial charge in [-0.3, -0.25) is 19.7 Å². The number of nitro groups is 1. The SMILES string of the molecule is Nc1ncc(C(=O)N2CCC[C@@H](Nc3c(C(=O)N4CCNCC4)cc(Br)cc3[N+](=O)[O-])C2)c2ccccc12. The number of nitro benzene ring substituents is 1. The quantitative estimate of drug-likeness (QED) is 0.307. The molecule has 198 valence electrons. The Morgan fingerprint density at radius 1 is 1.08 bits per heavy atom. The van der Waals surface area contributed by atoms with Gasteiger partial charge in [-0.05, 0) is 24.3 Å². The van der Waals surface area contributed by atoms with E-state index >= 15 is 0 Å². The van der Waals surface area contributed by atoms with Crippen LogP contribution in [0.3, 0.4) is 0 Å². The van der Waals surface area contributed by atoms with Crippen LogP contribution in [0.2, 0.25) is 0 Å². The van der Waals surface area contributed by atoms with Crippen LogP contribution >= 0.6 is 15.9 Å². The minimum Gasteiger partial charge on any atom is -0.383 e. The number of fused-ring (bicyclic) bond motifs is 1. The molecular weight excluding hydrogens is 554 g/mol. The molecule has 0 aliphatic carbocycles. The lowest BCUT2D eigenvalue weighted by molar-refractivity contribution is -0.384. The van der Waals surface area contributed by atoms with Crippen LogP contribution in [0, 0.1) is 10.1 Å². The van der Waals surface area contributed by atoms with E-state index in [1.165, 1.54) is 12.3 Å². The number of hydrogen-bond donors (Lipinski definition) is 3. The number of piperidine rings is 1. The largest absolute Gasteiger partial charge is 0.383 e. The monoisotopic (exact) mass is 581 g/mol. The number of nitrogens with two attached hydrogens (primary N) is 1. The highest BCUT2D eigenvalue weighted by atomic mass is 79.9. The molecule has 38 heavy (non-hydrogen) atoms. The van der Waals surface area contributed by atoms with E-state index in [0.29, 0.717) is 73.4 Å². The van der Waals surface area contributed by atoms with Gasteiger partial charge in [-0.2, -0.15) is 0 Å². The number of rotatable bonds is 5. The highest BCUT2D eigenvalue weighted by molar-refractivity contribution is 9.10. The smallest absolute Gasteiger partial charge is 0.294 e. The molecule has 0 radical (unpaired) electrons. The van der Waals surface area contributed by atoms with Crippen molar-refractivity contribution in [3.63, 3.8) is 0 Å². The molecule has 2 aromatic carbocycles. The molecule has 0 bridgehead atoms. The Balaban J connectivity index is 1.43. The highest BCUT2D eigenvalue weighted by Crippen LogP contribution is 2.35. The second-order valence-electron chi connectivity index (χ2n) is 9.48. The number of aromatic nitrogens is 1. The fraction of sp³-hybridized carbons (Fsp3) is 0.346. The number of likely N-dealkylation sites (tertiary alicyclic amines) is 1. The van der Waals surface area contributed by atoms with Crippen molar-refractivity contribution >= 4 is 55.7 Å². The van der Waals surface area contributed by atoms with Gasteiger partial charge in [0.15, 0.2) is 0 Å². The van der Waals surface area contributed by atoms with E-state index in [9.17, 15) is 19.7 Å². The molecule has 3 heterocycles. The number of nitrogen functional groups attached to an aromatic ring is 1. The van der Waals surface area contributed by atoms with E-state index in [4.69, 9.17) is 5.73 Å². The molecule has 1 atom stereocenters. The normalized spacial score (nSPS) is 17.9. The first-order valence-corrected chi connectivity index (χ1v) is 13.3. The summed E-state index contributed by atoms with van der Waals surface area (Å²) in [4.78, 5) is 46.1. The van der Waals surface area contributed by atoms with Gasteiger partial charge in [0.05, 0.1) is 16.1 Å². The van der Waals surface area contributed by atoms with E-state index < -0.39 is 4.92 Å². The van der Waals surface area contributed by atoms with E-state index in [-0.39, 0.29) is 34.8 Å². The maximum Gasteiger partial charge on any atom is 0.294 e. The molecule has 2 aliphatic rings. The average molecular weight is 582 g/mol. The van der Waals surface area contributed by atoms with Gasteiger partial charge in [-0.15, -0.1) is 0 Å². The van der Waals surface area contributed by atoms with Crippen molar-refractivity contribution in [3.8, 4) is 0 Å². The summed E-state index contributed by atoms with van der Waals surface area (Å²) in [6, 6.07) is 10.1. The van der Waals surface area contributed by atoms with Crippen LogP contribution < -0.4 is 16.4 Å². The first-order valence-electron chi connectivity index (χ1n) is 12.5. The van der Waals surface area contributed by atoms with E-state index in [2.05, 4.69) is 31.5 Å². The lowest BCUT2D eigenvalue weighted by atomic mass is 10.0. The number of anilines is 2. The van der Waals surface area contributed by atoms with Crippen LogP contribution in [-0.4, -0.2) is 76.8 Å². The molecule has 0 saturated carbocycles. The lowest BCUT2D eigenvalue weighted by Crippen LogP contribution is -2.47. The maximum atomic E-state index is 13.6. The molecule has 0 unspecified atom stereocenters. The Labute approximate surface area is 227 Å². The van der Waals surface area contributed by atoms with Gasteiger partial charge in [-0.25, -0.2) is 4.98 Å². The van der Waals surface area contributed by atoms with Gasteiger partial charge < -0.3 is 26.2 Å². The fourth-order valence-corrected chi connectivity index (χ4v) is 5.58. The summed E-state index contributed by atoms with van der Waals surface area (Å²) < 4.78 is 0.455. The Hall–Kier alpha value is -3.77. The first-order chi connectivity index (χ1) is 18.3. The number of amides is 2. The van der Waals surface area contributed by atoms with Crippen molar-refractivity contribution in [1.29, 1.82) is 0 Å². The van der Waals surface area contributed by atoms with Gasteiger partial charge in [0, 0.05) is 67.4 Å². The summed E-state index contributed by atoms with van der Waals surface area (Å²) in [6.07, 6.45) is 2.90. The number of carbonyl (C=O) groups is 2. The van der Waals surface area contributed by atoms with Crippen molar-refractivity contribution in [2.45, 2.75) is 18.9 Å². The predicted octanol–water partition coefficient (Wildman–Crippen LogP) is 3.25. The van der Waals surface area contributed by atoms with Crippen LogP contribution in [0.15, 0.2) is 47.1 Å². The Morgan fingerprint density at radius 3 is 2.53 bits per heavy atom. The van der Waals surface area contributed by atoms with Crippen molar-refractivity contribution in [1.82, 2.24) is 20.1 Å². The third-order valence-corrected chi connectivity index (χ3v) is 7.48. The van der Waals surface area contributed by atoms with Crippen LogP contribution in [0.4, 0.5) is 17.2 Å². The number of nitrogens with zero attached hydrogens (tertiary/aromatic N) is 4. The molecule has 0 spiro atoms. The predicted molar refractivity (Wildman–Crippen MR) is 148 cm³/mol. The van der Waals surface area contributed by atoms with E-state index in [1.807, 2.05) is 24.3 Å². The molecular formula is C26H28BrN7O4. The molecule has 3 aromatic rings. The van der Waals surface area contributed by atoms with E-state index in [1.54, 1.807) is 15.9 Å². The number of halogens is 1. The number of pyridine rings is 1. The second kappa shape index (κ2) is 10.9. The number of carbonyl (C=O) groups excluding carboxylic acids is 2. The fourth-order valence-electron chi connectivity index (χ4n) is 5.13. The summed E-state index contributed by atoms with van der Waals surface area (Å²) in [6.45, 7) is 3.25.